The van der Waals surface area contributed by atoms with E-state index >= 15 is 0 Å². The molecule has 1 amide bonds. The molecule has 0 spiro atoms. The Labute approximate surface area is 183 Å². The first-order valence-electron chi connectivity index (χ1n) is 9.12. The average Bonchev–Trinajstić information content (AvgIpc) is 2.77. The summed E-state index contributed by atoms with van der Waals surface area (Å²) in [6.07, 6.45) is 1.51. The monoisotopic (exact) mass is 468 g/mol. The number of rotatable bonds is 8. The summed E-state index contributed by atoms with van der Waals surface area (Å²) in [5.74, 6) is 1.49. The lowest BCUT2D eigenvalue weighted by molar-refractivity contribution is 0.0955. The van der Waals surface area contributed by atoms with Gasteiger partial charge in [-0.05, 0) is 54.1 Å². The Morgan fingerprint density at radius 3 is 2.50 bits per heavy atom. The van der Waals surface area contributed by atoms with Crippen molar-refractivity contribution < 1.29 is 19.0 Å². The van der Waals surface area contributed by atoms with Gasteiger partial charge in [-0.3, -0.25) is 4.79 Å². The average molecular weight is 469 g/mol. The van der Waals surface area contributed by atoms with E-state index in [-0.39, 0.29) is 5.91 Å². The Kier molecular flexibility index (Phi) is 7.45. The number of carbonyl (C=O) groups is 1. The van der Waals surface area contributed by atoms with Crippen LogP contribution in [0.1, 0.15) is 21.5 Å². The second-order valence-electron chi connectivity index (χ2n) is 6.22. The molecule has 0 saturated carbocycles. The highest BCUT2D eigenvalue weighted by atomic mass is 79.9. The van der Waals surface area contributed by atoms with Crippen LogP contribution in [-0.4, -0.2) is 26.3 Å². The predicted molar refractivity (Wildman–Crippen MR) is 120 cm³/mol. The van der Waals surface area contributed by atoms with Crippen LogP contribution in [0.4, 0.5) is 0 Å². The molecule has 0 aliphatic carbocycles. The van der Waals surface area contributed by atoms with E-state index in [1.807, 2.05) is 36.4 Å². The molecular weight excluding hydrogens is 448 g/mol. The molecule has 0 bridgehead atoms. The molecule has 0 fully saturated rings. The molecule has 6 nitrogen and oxygen atoms in total. The number of nitrogens with one attached hydrogen (secondary N) is 1. The van der Waals surface area contributed by atoms with Gasteiger partial charge < -0.3 is 14.2 Å². The summed E-state index contributed by atoms with van der Waals surface area (Å²) >= 11 is 3.44. The van der Waals surface area contributed by atoms with E-state index < -0.39 is 0 Å². The highest BCUT2D eigenvalue weighted by Crippen LogP contribution is 2.29. The minimum Gasteiger partial charge on any atom is -0.493 e. The molecule has 0 heterocycles. The van der Waals surface area contributed by atoms with Gasteiger partial charge in [0.2, 0.25) is 0 Å². The molecule has 3 rings (SSSR count). The number of amides is 1. The summed E-state index contributed by atoms with van der Waals surface area (Å²) in [7, 11) is 3.11. The second-order valence-corrected chi connectivity index (χ2v) is 7.14. The van der Waals surface area contributed by atoms with Crippen LogP contribution in [0.3, 0.4) is 0 Å². The summed E-state index contributed by atoms with van der Waals surface area (Å²) in [6.45, 7) is 0.442. The maximum absolute atomic E-state index is 12.3. The van der Waals surface area contributed by atoms with Gasteiger partial charge in [-0.2, -0.15) is 5.10 Å². The summed E-state index contributed by atoms with van der Waals surface area (Å²) in [6, 6.07) is 20.2. The van der Waals surface area contributed by atoms with Gasteiger partial charge in [0.25, 0.3) is 5.91 Å². The normalized spacial score (nSPS) is 10.6. The smallest absolute Gasteiger partial charge is 0.271 e. The van der Waals surface area contributed by atoms with E-state index in [9.17, 15) is 4.79 Å². The highest BCUT2D eigenvalue weighted by Gasteiger charge is 2.08. The highest BCUT2D eigenvalue weighted by molar-refractivity contribution is 9.10. The molecule has 154 valence electrons. The molecule has 30 heavy (non-hydrogen) atoms. The first-order chi connectivity index (χ1) is 14.6. The van der Waals surface area contributed by atoms with Crippen LogP contribution in [-0.2, 0) is 6.61 Å². The molecular formula is C23H21BrN2O4. The van der Waals surface area contributed by atoms with Crippen molar-refractivity contribution in [3.63, 3.8) is 0 Å². The summed E-state index contributed by atoms with van der Waals surface area (Å²) in [5, 5.41) is 4.01. The largest absolute Gasteiger partial charge is 0.493 e. The molecule has 0 unspecified atom stereocenters. The number of nitrogens with zero attached hydrogens (tertiary/aromatic N) is 1. The minimum absolute atomic E-state index is 0.327. The molecule has 0 aliphatic rings. The van der Waals surface area contributed by atoms with E-state index in [2.05, 4.69) is 26.5 Å². The van der Waals surface area contributed by atoms with Gasteiger partial charge in [0, 0.05) is 15.6 Å². The zero-order chi connectivity index (χ0) is 21.3. The maximum Gasteiger partial charge on any atom is 0.271 e. The standard InChI is InChI=1S/C23H21BrN2O4/c1-28-21-8-4-6-18(22(21)29-2)14-25-26-23(27)17-9-11-20(12-10-17)30-15-16-5-3-7-19(24)13-16/h3-14H,15H2,1-2H3,(H,26,27). The van der Waals surface area contributed by atoms with Crippen molar-refractivity contribution in [2.45, 2.75) is 6.61 Å². The first kappa shape index (κ1) is 21.4. The zero-order valence-corrected chi connectivity index (χ0v) is 18.2. The van der Waals surface area contributed by atoms with Gasteiger partial charge in [-0.15, -0.1) is 0 Å². The number of benzene rings is 3. The Bertz CT molecular complexity index is 1040. The van der Waals surface area contributed by atoms with Crippen LogP contribution in [0.25, 0.3) is 0 Å². The van der Waals surface area contributed by atoms with Gasteiger partial charge in [0.1, 0.15) is 12.4 Å². The van der Waals surface area contributed by atoms with E-state index in [0.29, 0.717) is 35.0 Å². The van der Waals surface area contributed by atoms with Crippen LogP contribution < -0.4 is 19.6 Å². The lowest BCUT2D eigenvalue weighted by Crippen LogP contribution is -2.17. The minimum atomic E-state index is -0.327. The van der Waals surface area contributed by atoms with E-state index in [1.54, 1.807) is 44.6 Å². The van der Waals surface area contributed by atoms with Crippen LogP contribution >= 0.6 is 15.9 Å². The predicted octanol–water partition coefficient (Wildman–Crippen LogP) is 4.81. The molecule has 7 heteroatoms. The molecule has 0 saturated heterocycles. The number of halogens is 1. The lowest BCUT2D eigenvalue weighted by Gasteiger charge is -2.09. The third-order valence-corrected chi connectivity index (χ3v) is 4.71. The maximum atomic E-state index is 12.3. The molecule has 3 aromatic carbocycles. The van der Waals surface area contributed by atoms with Crippen LogP contribution in [0.2, 0.25) is 0 Å². The van der Waals surface area contributed by atoms with Gasteiger partial charge in [-0.1, -0.05) is 34.1 Å². The van der Waals surface area contributed by atoms with Crippen LogP contribution in [0, 0.1) is 0 Å². The Morgan fingerprint density at radius 2 is 1.80 bits per heavy atom. The van der Waals surface area contributed by atoms with Crippen molar-refractivity contribution in [3.05, 3.63) is 87.9 Å². The molecule has 0 atom stereocenters. The fourth-order valence-electron chi connectivity index (χ4n) is 2.73. The lowest BCUT2D eigenvalue weighted by atomic mass is 10.2. The number of para-hydroxylation sites is 1. The summed E-state index contributed by atoms with van der Waals surface area (Å²) < 4.78 is 17.4. The van der Waals surface area contributed by atoms with E-state index in [1.165, 1.54) is 6.21 Å². The van der Waals surface area contributed by atoms with Crippen molar-refractivity contribution in [1.82, 2.24) is 5.43 Å². The number of hydrogen-bond donors (Lipinski definition) is 1. The van der Waals surface area contributed by atoms with Crippen LogP contribution in [0.5, 0.6) is 17.2 Å². The Morgan fingerprint density at radius 1 is 1.03 bits per heavy atom. The van der Waals surface area contributed by atoms with Gasteiger partial charge in [0.15, 0.2) is 11.5 Å². The van der Waals surface area contributed by atoms with E-state index in [0.717, 1.165) is 10.0 Å². The number of ether oxygens (including phenoxy) is 3. The third-order valence-electron chi connectivity index (χ3n) is 4.21. The number of carbonyl (C=O) groups excluding carboxylic acids is 1. The van der Waals surface area contributed by atoms with Crippen LogP contribution in [0.15, 0.2) is 76.3 Å². The van der Waals surface area contributed by atoms with Gasteiger partial charge in [0.05, 0.1) is 20.4 Å². The number of hydrogen-bond acceptors (Lipinski definition) is 5. The Balaban J connectivity index is 1.58. The SMILES string of the molecule is COc1cccc(C=NNC(=O)c2ccc(OCc3cccc(Br)c3)cc2)c1OC. The first-order valence-corrected chi connectivity index (χ1v) is 9.91. The van der Waals surface area contributed by atoms with Crippen molar-refractivity contribution in [3.8, 4) is 17.2 Å². The molecule has 0 aliphatic heterocycles. The second kappa shape index (κ2) is 10.5. The molecule has 0 aromatic heterocycles. The Hall–Kier alpha value is -3.32. The fraction of sp³-hybridized carbons (Fsp3) is 0.130. The molecule has 1 N–H and O–H groups in total. The summed E-state index contributed by atoms with van der Waals surface area (Å²) in [4.78, 5) is 12.3. The van der Waals surface area contributed by atoms with Crippen molar-refractivity contribution >= 4 is 28.1 Å². The quantitative estimate of drug-likeness (QED) is 0.380. The molecule has 0 radical (unpaired) electrons. The number of methoxy groups -OCH3 is 2. The van der Waals surface area contributed by atoms with Gasteiger partial charge in [-0.25, -0.2) is 5.43 Å². The summed E-state index contributed by atoms with van der Waals surface area (Å²) in [5.41, 5.74) is 4.72. The van der Waals surface area contributed by atoms with Gasteiger partial charge >= 0.3 is 0 Å². The topological polar surface area (TPSA) is 69.2 Å². The van der Waals surface area contributed by atoms with Crippen molar-refractivity contribution in [2.24, 2.45) is 5.10 Å². The zero-order valence-electron chi connectivity index (χ0n) is 16.6. The van der Waals surface area contributed by atoms with E-state index in [4.69, 9.17) is 14.2 Å². The number of hydrazone groups is 1. The fourth-order valence-corrected chi connectivity index (χ4v) is 3.18. The van der Waals surface area contributed by atoms with Crippen molar-refractivity contribution in [2.75, 3.05) is 14.2 Å². The molecule has 3 aromatic rings. The van der Waals surface area contributed by atoms with Crippen molar-refractivity contribution in [1.29, 1.82) is 0 Å². The third kappa shape index (κ3) is 5.61.